The van der Waals surface area contributed by atoms with Gasteiger partial charge in [-0.15, -0.1) is 0 Å². The third-order valence-corrected chi connectivity index (χ3v) is 3.93. The molecule has 2 heterocycles. The Morgan fingerprint density at radius 1 is 1.29 bits per heavy atom. The molecule has 0 aliphatic carbocycles. The number of hydrogen-bond acceptors (Lipinski definition) is 5. The van der Waals surface area contributed by atoms with Crippen LogP contribution >= 0.6 is 0 Å². The van der Waals surface area contributed by atoms with Crippen LogP contribution in [-0.2, 0) is 12.8 Å². The van der Waals surface area contributed by atoms with Gasteiger partial charge in [0.2, 0.25) is 0 Å². The fourth-order valence-electron chi connectivity index (χ4n) is 2.99. The number of nitrogen functional groups attached to an aromatic ring is 1. The van der Waals surface area contributed by atoms with E-state index >= 15 is 0 Å². The van der Waals surface area contributed by atoms with Crippen molar-refractivity contribution in [1.82, 2.24) is 9.97 Å². The zero-order chi connectivity index (χ0) is 14.7. The number of nitrogens with two attached hydrogens (primary N) is 1. The van der Waals surface area contributed by atoms with E-state index in [4.69, 9.17) is 5.84 Å². The zero-order valence-electron chi connectivity index (χ0n) is 12.3. The van der Waals surface area contributed by atoms with Crippen LogP contribution in [0, 0.1) is 0 Å². The minimum atomic E-state index is 0.727. The standard InChI is InChI=1S/C16H21N5/c1-2-6-13-15(20-17)18-11-19-16(13)21-10-5-8-12-7-3-4-9-14(12)21/h3-4,7,9,11H,2,5-6,8,10,17H2,1H3,(H,18,19,20). The summed E-state index contributed by atoms with van der Waals surface area (Å²) in [6, 6.07) is 8.55. The van der Waals surface area contributed by atoms with Gasteiger partial charge in [-0.25, -0.2) is 15.8 Å². The van der Waals surface area contributed by atoms with E-state index in [1.165, 1.54) is 11.3 Å². The van der Waals surface area contributed by atoms with Crippen LogP contribution in [0.5, 0.6) is 0 Å². The fourth-order valence-corrected chi connectivity index (χ4v) is 2.99. The van der Waals surface area contributed by atoms with Gasteiger partial charge in [-0.3, -0.25) is 0 Å². The van der Waals surface area contributed by atoms with Crippen LogP contribution in [0.1, 0.15) is 30.9 Å². The summed E-state index contributed by atoms with van der Waals surface area (Å²) in [6.45, 7) is 3.13. The molecule has 0 unspecified atom stereocenters. The Bertz CT molecular complexity index is 626. The van der Waals surface area contributed by atoms with Crippen LogP contribution in [0.2, 0.25) is 0 Å². The third-order valence-electron chi connectivity index (χ3n) is 3.93. The minimum absolute atomic E-state index is 0.727. The van der Waals surface area contributed by atoms with Crippen molar-refractivity contribution in [3.8, 4) is 0 Å². The molecule has 1 aromatic carbocycles. The average Bonchev–Trinajstić information content (AvgIpc) is 2.55. The number of anilines is 3. The number of nitrogens with one attached hydrogen (secondary N) is 1. The molecule has 3 N–H and O–H groups in total. The summed E-state index contributed by atoms with van der Waals surface area (Å²) in [5.41, 5.74) is 6.44. The van der Waals surface area contributed by atoms with Crippen LogP contribution in [0.4, 0.5) is 17.3 Å². The quantitative estimate of drug-likeness (QED) is 0.667. The largest absolute Gasteiger partial charge is 0.326 e. The summed E-state index contributed by atoms with van der Waals surface area (Å²) >= 11 is 0. The van der Waals surface area contributed by atoms with Gasteiger partial charge in [-0.2, -0.15) is 0 Å². The predicted molar refractivity (Wildman–Crippen MR) is 85.6 cm³/mol. The second-order valence-corrected chi connectivity index (χ2v) is 5.30. The van der Waals surface area contributed by atoms with Crippen molar-refractivity contribution in [2.24, 2.45) is 5.84 Å². The summed E-state index contributed by atoms with van der Waals surface area (Å²) < 4.78 is 0. The first kappa shape index (κ1) is 13.8. The molecule has 2 aromatic rings. The first-order valence-electron chi connectivity index (χ1n) is 7.51. The Kier molecular flexibility index (Phi) is 4.01. The summed E-state index contributed by atoms with van der Waals surface area (Å²) in [5.74, 6) is 7.32. The molecule has 0 radical (unpaired) electrons. The van der Waals surface area contributed by atoms with Crippen LogP contribution in [-0.4, -0.2) is 16.5 Å². The second kappa shape index (κ2) is 6.10. The molecule has 0 spiro atoms. The first-order valence-corrected chi connectivity index (χ1v) is 7.51. The van der Waals surface area contributed by atoms with E-state index < -0.39 is 0 Å². The molecule has 1 aromatic heterocycles. The molecule has 0 bridgehead atoms. The first-order chi connectivity index (χ1) is 10.3. The molecule has 110 valence electrons. The summed E-state index contributed by atoms with van der Waals surface area (Å²) in [7, 11) is 0. The molecule has 0 fully saturated rings. The molecule has 3 rings (SSSR count). The Morgan fingerprint density at radius 3 is 2.95 bits per heavy atom. The van der Waals surface area contributed by atoms with Crippen molar-refractivity contribution in [1.29, 1.82) is 0 Å². The molecule has 0 atom stereocenters. The highest BCUT2D eigenvalue weighted by Gasteiger charge is 2.22. The van der Waals surface area contributed by atoms with Gasteiger partial charge in [-0.05, 0) is 30.9 Å². The zero-order valence-corrected chi connectivity index (χ0v) is 12.3. The average molecular weight is 283 g/mol. The van der Waals surface area contributed by atoms with Gasteiger partial charge in [0.25, 0.3) is 0 Å². The maximum absolute atomic E-state index is 5.62. The van der Waals surface area contributed by atoms with Crippen molar-refractivity contribution < 1.29 is 0 Å². The molecule has 0 saturated heterocycles. The third kappa shape index (κ3) is 2.56. The van der Waals surface area contributed by atoms with Crippen LogP contribution in [0.15, 0.2) is 30.6 Å². The van der Waals surface area contributed by atoms with Crippen molar-refractivity contribution in [3.63, 3.8) is 0 Å². The SMILES string of the molecule is CCCc1c(NN)ncnc1N1CCCc2ccccc21. The van der Waals surface area contributed by atoms with Gasteiger partial charge in [0.1, 0.15) is 18.0 Å². The monoisotopic (exact) mass is 283 g/mol. The van der Waals surface area contributed by atoms with E-state index in [0.29, 0.717) is 0 Å². The van der Waals surface area contributed by atoms with Gasteiger partial charge < -0.3 is 10.3 Å². The van der Waals surface area contributed by atoms with Gasteiger partial charge in [-0.1, -0.05) is 31.5 Å². The molecule has 1 aliphatic heterocycles. The van der Waals surface area contributed by atoms with Crippen molar-refractivity contribution >= 4 is 17.3 Å². The summed E-state index contributed by atoms with van der Waals surface area (Å²) in [5, 5.41) is 0. The predicted octanol–water partition coefficient (Wildman–Crippen LogP) is 2.80. The lowest BCUT2D eigenvalue weighted by Gasteiger charge is -2.32. The Balaban J connectivity index is 2.09. The summed E-state index contributed by atoms with van der Waals surface area (Å²) in [6.07, 6.45) is 5.79. The lowest BCUT2D eigenvalue weighted by Crippen LogP contribution is -2.27. The number of hydrazine groups is 1. The number of nitrogens with zero attached hydrogens (tertiary/aromatic N) is 3. The molecule has 5 heteroatoms. The van der Waals surface area contributed by atoms with E-state index in [9.17, 15) is 0 Å². The highest BCUT2D eigenvalue weighted by molar-refractivity contribution is 5.70. The maximum atomic E-state index is 5.62. The van der Waals surface area contributed by atoms with Crippen LogP contribution in [0.25, 0.3) is 0 Å². The van der Waals surface area contributed by atoms with Gasteiger partial charge >= 0.3 is 0 Å². The smallest absolute Gasteiger partial charge is 0.148 e. The molecule has 1 aliphatic rings. The highest BCUT2D eigenvalue weighted by atomic mass is 15.3. The minimum Gasteiger partial charge on any atom is -0.326 e. The van der Waals surface area contributed by atoms with Gasteiger partial charge in [0.15, 0.2) is 0 Å². The van der Waals surface area contributed by atoms with Crippen molar-refractivity contribution in [2.75, 3.05) is 16.9 Å². The number of para-hydroxylation sites is 1. The van der Waals surface area contributed by atoms with Crippen LogP contribution < -0.4 is 16.2 Å². The number of aryl methyl sites for hydroxylation is 1. The summed E-state index contributed by atoms with van der Waals surface area (Å²) in [4.78, 5) is 11.1. The topological polar surface area (TPSA) is 67.1 Å². The Morgan fingerprint density at radius 2 is 2.14 bits per heavy atom. The van der Waals surface area contributed by atoms with E-state index in [1.807, 2.05) is 0 Å². The van der Waals surface area contributed by atoms with E-state index in [2.05, 4.69) is 51.5 Å². The molecule has 0 saturated carbocycles. The maximum Gasteiger partial charge on any atom is 0.148 e. The number of benzene rings is 1. The van der Waals surface area contributed by atoms with Gasteiger partial charge in [0, 0.05) is 17.8 Å². The second-order valence-electron chi connectivity index (χ2n) is 5.30. The Hall–Kier alpha value is -2.14. The Labute approximate surface area is 125 Å². The fraction of sp³-hybridized carbons (Fsp3) is 0.375. The van der Waals surface area contributed by atoms with Crippen LogP contribution in [0.3, 0.4) is 0 Å². The van der Waals surface area contributed by atoms with E-state index in [1.54, 1.807) is 6.33 Å². The van der Waals surface area contributed by atoms with Crippen molar-refractivity contribution in [2.45, 2.75) is 32.6 Å². The number of fused-ring (bicyclic) bond motifs is 1. The number of hydrogen-bond donors (Lipinski definition) is 2. The molecular formula is C16H21N5. The molecule has 0 amide bonds. The lowest BCUT2D eigenvalue weighted by molar-refractivity contribution is 0.751. The molecule has 21 heavy (non-hydrogen) atoms. The molecule has 5 nitrogen and oxygen atoms in total. The lowest BCUT2D eigenvalue weighted by atomic mass is 10.0. The van der Waals surface area contributed by atoms with Gasteiger partial charge in [0.05, 0.1) is 0 Å². The number of rotatable bonds is 4. The normalized spacial score (nSPS) is 13.9. The van der Waals surface area contributed by atoms with E-state index in [0.717, 1.165) is 49.4 Å². The molecular weight excluding hydrogens is 262 g/mol. The highest BCUT2D eigenvalue weighted by Crippen LogP contribution is 2.35. The van der Waals surface area contributed by atoms with Crippen molar-refractivity contribution in [3.05, 3.63) is 41.7 Å². The van der Waals surface area contributed by atoms with E-state index in [-0.39, 0.29) is 0 Å². The number of aromatic nitrogens is 2.